The van der Waals surface area contributed by atoms with Crippen molar-refractivity contribution in [2.24, 2.45) is 0 Å². The molecule has 0 amide bonds. The van der Waals surface area contributed by atoms with E-state index in [1.807, 2.05) is 27.7 Å². The van der Waals surface area contributed by atoms with E-state index in [1.54, 1.807) is 38.1 Å². The van der Waals surface area contributed by atoms with Crippen molar-refractivity contribution in [2.75, 3.05) is 0 Å². The number of benzene rings is 2. The van der Waals surface area contributed by atoms with Gasteiger partial charge in [-0.3, -0.25) is 0 Å². The number of hydrogen-bond acceptors (Lipinski definition) is 2. The molecule has 0 aliphatic heterocycles. The van der Waals surface area contributed by atoms with Crippen LogP contribution in [0.3, 0.4) is 0 Å². The van der Waals surface area contributed by atoms with Crippen LogP contribution in [-0.4, -0.2) is 8.42 Å². The lowest BCUT2D eigenvalue weighted by molar-refractivity contribution is 0.596. The maximum atomic E-state index is 12.5. The van der Waals surface area contributed by atoms with Crippen LogP contribution < -0.4 is 0 Å². The van der Waals surface area contributed by atoms with Crippen LogP contribution in [0.1, 0.15) is 38.8 Å². The Morgan fingerprint density at radius 3 is 1.26 bits per heavy atom. The van der Waals surface area contributed by atoms with Crippen molar-refractivity contribution in [1.29, 1.82) is 0 Å². The van der Waals surface area contributed by atoms with Gasteiger partial charge in [-0.25, -0.2) is 8.42 Å². The largest absolute Gasteiger partial charge is 0.219 e. The van der Waals surface area contributed by atoms with Crippen molar-refractivity contribution in [3.63, 3.8) is 0 Å². The third-order valence-corrected chi connectivity index (χ3v) is 5.48. The minimum atomic E-state index is -3.53. The molecule has 0 heterocycles. The van der Waals surface area contributed by atoms with E-state index in [0.717, 1.165) is 11.1 Å². The van der Waals surface area contributed by atoms with E-state index in [9.17, 15) is 8.42 Å². The molecular formula is C18H24Cl2O2S. The van der Waals surface area contributed by atoms with Crippen molar-refractivity contribution >= 4 is 33.0 Å². The van der Waals surface area contributed by atoms with Crippen LogP contribution in [0.4, 0.5) is 0 Å². The number of aryl methyl sites for hydroxylation is 2. The van der Waals surface area contributed by atoms with Gasteiger partial charge in [-0.2, -0.15) is 0 Å². The predicted molar refractivity (Wildman–Crippen MR) is 101 cm³/mol. The predicted octanol–water partition coefficient (Wildman–Crippen LogP) is 6.50. The molecule has 2 aromatic rings. The Labute approximate surface area is 150 Å². The Hall–Kier alpha value is -1.03. The Kier molecular flexibility index (Phi) is 9.52. The van der Waals surface area contributed by atoms with Crippen LogP contribution in [0.5, 0.6) is 0 Å². The van der Waals surface area contributed by atoms with Gasteiger partial charge in [0.15, 0.2) is 0 Å². The fourth-order valence-electron chi connectivity index (χ4n) is 1.70. The van der Waals surface area contributed by atoms with E-state index in [4.69, 9.17) is 23.2 Å². The zero-order chi connectivity index (χ0) is 18.2. The van der Waals surface area contributed by atoms with Crippen LogP contribution in [0, 0.1) is 13.8 Å². The molecule has 0 N–H and O–H groups in total. The van der Waals surface area contributed by atoms with E-state index in [-0.39, 0.29) is 9.79 Å². The van der Waals surface area contributed by atoms with E-state index < -0.39 is 9.84 Å². The molecule has 0 spiro atoms. The Bertz CT molecular complexity index is 681. The molecule has 0 saturated carbocycles. The highest BCUT2D eigenvalue weighted by Gasteiger charge is 2.18. The summed E-state index contributed by atoms with van der Waals surface area (Å²) in [4.78, 5) is 0.465. The molecule has 0 aromatic heterocycles. The maximum Gasteiger partial charge on any atom is 0.206 e. The molecule has 0 unspecified atom stereocenters. The Balaban J connectivity index is 0.00000112. The second kappa shape index (κ2) is 9.96. The summed E-state index contributed by atoms with van der Waals surface area (Å²) in [6.45, 7) is 11.5. The molecule has 0 aliphatic rings. The fourth-order valence-corrected chi connectivity index (χ4v) is 3.37. The summed E-state index contributed by atoms with van der Waals surface area (Å²) >= 11 is 11.8. The van der Waals surface area contributed by atoms with Gasteiger partial charge in [0.1, 0.15) is 0 Å². The van der Waals surface area contributed by atoms with Crippen molar-refractivity contribution in [3.05, 3.63) is 57.6 Å². The SMILES string of the molecule is CC.CC.Cc1cc(S(=O)(=O)c2ccc(Cl)c(C)c2)ccc1Cl. The van der Waals surface area contributed by atoms with Gasteiger partial charge >= 0.3 is 0 Å². The quantitative estimate of drug-likeness (QED) is 0.601. The van der Waals surface area contributed by atoms with Gasteiger partial charge in [-0.15, -0.1) is 0 Å². The molecule has 0 saturated heterocycles. The molecule has 2 nitrogen and oxygen atoms in total. The highest BCUT2D eigenvalue weighted by Crippen LogP contribution is 2.27. The van der Waals surface area contributed by atoms with E-state index in [0.29, 0.717) is 10.0 Å². The average Bonchev–Trinajstić information content (AvgIpc) is 2.56. The van der Waals surface area contributed by atoms with Gasteiger partial charge in [0, 0.05) is 10.0 Å². The summed E-state index contributed by atoms with van der Waals surface area (Å²) in [6.07, 6.45) is 0. The molecule has 5 heteroatoms. The third-order valence-electron chi connectivity index (χ3n) is 2.88. The summed E-state index contributed by atoms with van der Waals surface area (Å²) in [5.74, 6) is 0. The molecule has 0 aliphatic carbocycles. The monoisotopic (exact) mass is 374 g/mol. The number of halogens is 2. The minimum absolute atomic E-state index is 0.233. The summed E-state index contributed by atoms with van der Waals surface area (Å²) in [5, 5.41) is 1.09. The van der Waals surface area contributed by atoms with Crippen molar-refractivity contribution in [3.8, 4) is 0 Å². The van der Waals surface area contributed by atoms with Crippen molar-refractivity contribution < 1.29 is 8.42 Å². The lowest BCUT2D eigenvalue weighted by Gasteiger charge is -2.08. The molecular weight excluding hydrogens is 351 g/mol. The van der Waals surface area contributed by atoms with E-state index >= 15 is 0 Å². The molecule has 128 valence electrons. The number of rotatable bonds is 2. The van der Waals surface area contributed by atoms with Crippen molar-refractivity contribution in [1.82, 2.24) is 0 Å². The normalized spacial score (nSPS) is 10.1. The summed E-state index contributed by atoms with van der Waals surface area (Å²) in [5.41, 5.74) is 1.46. The third kappa shape index (κ3) is 5.52. The van der Waals surface area contributed by atoms with Crippen LogP contribution >= 0.6 is 23.2 Å². The van der Waals surface area contributed by atoms with Crippen molar-refractivity contribution in [2.45, 2.75) is 51.3 Å². The highest BCUT2D eigenvalue weighted by molar-refractivity contribution is 7.91. The maximum absolute atomic E-state index is 12.5. The summed E-state index contributed by atoms with van der Waals surface area (Å²) in [6, 6.07) is 9.34. The van der Waals surface area contributed by atoms with E-state index in [2.05, 4.69) is 0 Å². The smallest absolute Gasteiger partial charge is 0.206 e. The van der Waals surface area contributed by atoms with Crippen LogP contribution in [0.2, 0.25) is 10.0 Å². The first-order valence-corrected chi connectivity index (χ1v) is 9.83. The highest BCUT2D eigenvalue weighted by atomic mass is 35.5. The molecule has 2 aromatic carbocycles. The topological polar surface area (TPSA) is 34.1 Å². The second-order valence-electron chi connectivity index (χ2n) is 4.33. The van der Waals surface area contributed by atoms with Crippen LogP contribution in [0.15, 0.2) is 46.2 Å². The summed E-state index contributed by atoms with van der Waals surface area (Å²) in [7, 11) is -3.53. The van der Waals surface area contributed by atoms with Gasteiger partial charge in [-0.05, 0) is 61.4 Å². The van der Waals surface area contributed by atoms with Crippen LogP contribution in [0.25, 0.3) is 0 Å². The zero-order valence-electron chi connectivity index (χ0n) is 14.4. The van der Waals surface area contributed by atoms with E-state index in [1.165, 1.54) is 12.1 Å². The molecule has 23 heavy (non-hydrogen) atoms. The zero-order valence-corrected chi connectivity index (χ0v) is 16.8. The Morgan fingerprint density at radius 1 is 0.696 bits per heavy atom. The lowest BCUT2D eigenvalue weighted by Crippen LogP contribution is -2.02. The first kappa shape index (κ1) is 22.0. The lowest BCUT2D eigenvalue weighted by atomic mass is 10.2. The van der Waals surface area contributed by atoms with Gasteiger partial charge in [0.2, 0.25) is 9.84 Å². The molecule has 0 radical (unpaired) electrons. The Morgan fingerprint density at radius 2 is 1.00 bits per heavy atom. The van der Waals surface area contributed by atoms with Gasteiger partial charge < -0.3 is 0 Å². The molecule has 0 bridgehead atoms. The standard InChI is InChI=1S/C14H12Cl2O2S.2C2H6/c1-9-7-11(3-5-13(9)15)19(17,18)12-4-6-14(16)10(2)8-12;2*1-2/h3-8H,1-2H3;2*1-2H3. The van der Waals surface area contributed by atoms with Gasteiger partial charge in [-0.1, -0.05) is 50.9 Å². The second-order valence-corrected chi connectivity index (χ2v) is 7.09. The number of sulfone groups is 1. The molecule has 0 fully saturated rings. The first-order valence-electron chi connectivity index (χ1n) is 7.60. The number of hydrogen-bond donors (Lipinski definition) is 0. The first-order chi connectivity index (χ1) is 10.8. The molecule has 0 atom stereocenters. The van der Waals surface area contributed by atoms with Gasteiger partial charge in [0.05, 0.1) is 9.79 Å². The minimum Gasteiger partial charge on any atom is -0.219 e. The summed E-state index contributed by atoms with van der Waals surface area (Å²) < 4.78 is 24.9. The average molecular weight is 375 g/mol. The molecule has 2 rings (SSSR count). The van der Waals surface area contributed by atoms with Crippen LogP contribution in [-0.2, 0) is 9.84 Å². The van der Waals surface area contributed by atoms with Gasteiger partial charge in [0.25, 0.3) is 0 Å². The fraction of sp³-hybridized carbons (Fsp3) is 0.333.